The van der Waals surface area contributed by atoms with Crippen LogP contribution in [0.5, 0.6) is 0 Å². The van der Waals surface area contributed by atoms with Crippen LogP contribution in [-0.2, 0) is 12.0 Å². The maximum atomic E-state index is 12.7. The Morgan fingerprint density at radius 1 is 0.967 bits per heavy atom. The normalized spacial score (nSPS) is 15.2. The first-order valence-electron chi connectivity index (χ1n) is 10.2. The molecule has 1 aromatic heterocycles. The van der Waals surface area contributed by atoms with Gasteiger partial charge in [0.15, 0.2) is 0 Å². The van der Waals surface area contributed by atoms with Gasteiger partial charge in [0.2, 0.25) is 5.13 Å². The Morgan fingerprint density at radius 3 is 2.27 bits per heavy atom. The van der Waals surface area contributed by atoms with Crippen molar-refractivity contribution in [3.8, 4) is 0 Å². The zero-order valence-electron chi connectivity index (χ0n) is 17.4. The standard InChI is InChI=1S/C23H27N5OS/c1-23(2,19-11-7-4-8-12-19)20-25-26-21(30-20)24-22(29)28-15-13-27(14-16-28)17-18-9-5-3-6-10-18/h3-12H,13-17H2,1-2H3,(H,24,26,29). The second kappa shape index (κ2) is 8.93. The number of hydrogen-bond donors (Lipinski definition) is 1. The number of carbonyl (C=O) groups is 1. The molecule has 1 aliphatic rings. The predicted molar refractivity (Wildman–Crippen MR) is 121 cm³/mol. The molecular formula is C23H27N5OS. The molecule has 1 N–H and O–H groups in total. The molecule has 1 fully saturated rings. The molecule has 0 atom stereocenters. The maximum Gasteiger partial charge on any atom is 0.323 e. The zero-order valence-corrected chi connectivity index (χ0v) is 18.2. The van der Waals surface area contributed by atoms with Gasteiger partial charge in [-0.05, 0) is 25.0 Å². The molecule has 0 bridgehead atoms. The second-order valence-electron chi connectivity index (χ2n) is 8.08. The van der Waals surface area contributed by atoms with E-state index in [0.29, 0.717) is 18.2 Å². The second-order valence-corrected chi connectivity index (χ2v) is 9.06. The van der Waals surface area contributed by atoms with E-state index in [1.807, 2.05) is 29.2 Å². The van der Waals surface area contributed by atoms with Gasteiger partial charge in [0, 0.05) is 38.1 Å². The van der Waals surface area contributed by atoms with Gasteiger partial charge >= 0.3 is 6.03 Å². The molecule has 2 amide bonds. The number of rotatable bonds is 5. The number of piperazine rings is 1. The maximum absolute atomic E-state index is 12.7. The molecular weight excluding hydrogens is 394 g/mol. The Balaban J connectivity index is 1.32. The SMILES string of the molecule is CC(C)(c1ccccc1)c1nnc(NC(=O)N2CCN(Cc3ccccc3)CC2)s1. The molecule has 0 saturated carbocycles. The molecule has 1 saturated heterocycles. The lowest BCUT2D eigenvalue weighted by atomic mass is 9.85. The summed E-state index contributed by atoms with van der Waals surface area (Å²) in [6.07, 6.45) is 0. The van der Waals surface area contributed by atoms with E-state index in [1.54, 1.807) is 0 Å². The van der Waals surface area contributed by atoms with Gasteiger partial charge in [0.1, 0.15) is 5.01 Å². The van der Waals surface area contributed by atoms with E-state index in [0.717, 1.165) is 24.6 Å². The number of benzene rings is 2. The minimum Gasteiger partial charge on any atom is -0.322 e. The summed E-state index contributed by atoms with van der Waals surface area (Å²) in [6.45, 7) is 8.32. The van der Waals surface area contributed by atoms with Crippen LogP contribution >= 0.6 is 11.3 Å². The summed E-state index contributed by atoms with van der Waals surface area (Å²) in [5.41, 5.74) is 2.22. The molecule has 30 heavy (non-hydrogen) atoms. The van der Waals surface area contributed by atoms with E-state index in [1.165, 1.54) is 22.5 Å². The largest absolute Gasteiger partial charge is 0.323 e. The fourth-order valence-electron chi connectivity index (χ4n) is 3.63. The van der Waals surface area contributed by atoms with Crippen LogP contribution < -0.4 is 5.32 Å². The van der Waals surface area contributed by atoms with Crippen molar-refractivity contribution in [1.82, 2.24) is 20.0 Å². The van der Waals surface area contributed by atoms with Crippen molar-refractivity contribution in [2.45, 2.75) is 25.8 Å². The number of carbonyl (C=O) groups excluding carboxylic acids is 1. The van der Waals surface area contributed by atoms with Gasteiger partial charge in [-0.2, -0.15) is 0 Å². The minimum atomic E-state index is -0.259. The van der Waals surface area contributed by atoms with E-state index in [4.69, 9.17) is 0 Å². The Kier molecular flexibility index (Phi) is 6.11. The molecule has 0 radical (unpaired) electrons. The summed E-state index contributed by atoms with van der Waals surface area (Å²) in [6, 6.07) is 20.6. The Morgan fingerprint density at radius 2 is 1.60 bits per heavy atom. The van der Waals surface area contributed by atoms with Gasteiger partial charge < -0.3 is 4.90 Å². The first-order chi connectivity index (χ1) is 14.5. The zero-order chi connectivity index (χ0) is 21.0. The molecule has 2 aromatic carbocycles. The first-order valence-corrected chi connectivity index (χ1v) is 11.1. The van der Waals surface area contributed by atoms with Crippen molar-refractivity contribution >= 4 is 22.5 Å². The van der Waals surface area contributed by atoms with Crippen LogP contribution in [0.4, 0.5) is 9.93 Å². The van der Waals surface area contributed by atoms with E-state index in [9.17, 15) is 4.79 Å². The minimum absolute atomic E-state index is 0.102. The van der Waals surface area contributed by atoms with Gasteiger partial charge in [-0.3, -0.25) is 10.2 Å². The highest BCUT2D eigenvalue weighted by Crippen LogP contribution is 2.34. The van der Waals surface area contributed by atoms with Crippen molar-refractivity contribution in [2.75, 3.05) is 31.5 Å². The molecule has 4 rings (SSSR count). The molecule has 1 aliphatic heterocycles. The average molecular weight is 422 g/mol. The molecule has 0 spiro atoms. The molecule has 2 heterocycles. The van der Waals surface area contributed by atoms with Crippen LogP contribution in [0.3, 0.4) is 0 Å². The number of amides is 2. The van der Waals surface area contributed by atoms with Crippen molar-refractivity contribution in [2.24, 2.45) is 0 Å². The highest BCUT2D eigenvalue weighted by Gasteiger charge is 2.28. The van der Waals surface area contributed by atoms with Crippen molar-refractivity contribution < 1.29 is 4.79 Å². The summed E-state index contributed by atoms with van der Waals surface area (Å²) in [4.78, 5) is 16.9. The number of hydrogen-bond acceptors (Lipinski definition) is 5. The predicted octanol–water partition coefficient (Wildman–Crippen LogP) is 4.21. The number of anilines is 1. The van der Waals surface area contributed by atoms with Gasteiger partial charge in [-0.15, -0.1) is 10.2 Å². The molecule has 156 valence electrons. The smallest absolute Gasteiger partial charge is 0.322 e. The van der Waals surface area contributed by atoms with Crippen LogP contribution in [0.1, 0.15) is 30.0 Å². The molecule has 0 unspecified atom stereocenters. The summed E-state index contributed by atoms with van der Waals surface area (Å²) < 4.78 is 0. The third-order valence-electron chi connectivity index (χ3n) is 5.58. The van der Waals surface area contributed by atoms with Gasteiger partial charge in [0.25, 0.3) is 0 Å². The van der Waals surface area contributed by atoms with Crippen LogP contribution in [0.25, 0.3) is 0 Å². The van der Waals surface area contributed by atoms with Crippen molar-refractivity contribution in [3.05, 3.63) is 76.8 Å². The highest BCUT2D eigenvalue weighted by molar-refractivity contribution is 7.15. The van der Waals surface area contributed by atoms with Crippen LogP contribution in [0.15, 0.2) is 60.7 Å². The molecule has 6 nitrogen and oxygen atoms in total. The van der Waals surface area contributed by atoms with Gasteiger partial charge in [0.05, 0.1) is 0 Å². The van der Waals surface area contributed by atoms with E-state index in [-0.39, 0.29) is 11.4 Å². The van der Waals surface area contributed by atoms with E-state index in [2.05, 4.69) is 70.7 Å². The number of aromatic nitrogens is 2. The molecule has 0 aliphatic carbocycles. The fourth-order valence-corrected chi connectivity index (χ4v) is 4.48. The number of nitrogens with zero attached hydrogens (tertiary/aromatic N) is 4. The Hall–Kier alpha value is -2.77. The van der Waals surface area contributed by atoms with Crippen LogP contribution in [0, 0.1) is 0 Å². The van der Waals surface area contributed by atoms with E-state index < -0.39 is 0 Å². The molecule has 3 aromatic rings. The summed E-state index contributed by atoms with van der Waals surface area (Å²) in [5.74, 6) is 0. The van der Waals surface area contributed by atoms with Crippen molar-refractivity contribution in [3.63, 3.8) is 0 Å². The first kappa shape index (κ1) is 20.5. The fraction of sp³-hybridized carbons (Fsp3) is 0.348. The van der Waals surface area contributed by atoms with Gasteiger partial charge in [-0.25, -0.2) is 4.79 Å². The van der Waals surface area contributed by atoms with Crippen molar-refractivity contribution in [1.29, 1.82) is 0 Å². The van der Waals surface area contributed by atoms with E-state index >= 15 is 0 Å². The van der Waals surface area contributed by atoms with Gasteiger partial charge in [-0.1, -0.05) is 72.0 Å². The third kappa shape index (κ3) is 4.68. The third-order valence-corrected chi connectivity index (χ3v) is 6.74. The summed E-state index contributed by atoms with van der Waals surface area (Å²) >= 11 is 1.44. The number of nitrogens with one attached hydrogen (secondary N) is 1. The van der Waals surface area contributed by atoms with Crippen LogP contribution in [0.2, 0.25) is 0 Å². The summed E-state index contributed by atoms with van der Waals surface area (Å²) in [5, 5.41) is 12.9. The monoisotopic (exact) mass is 421 g/mol. The highest BCUT2D eigenvalue weighted by atomic mass is 32.1. The quantitative estimate of drug-likeness (QED) is 0.670. The Labute approximate surface area is 181 Å². The molecule has 7 heteroatoms. The Bertz CT molecular complexity index is 966. The lowest BCUT2D eigenvalue weighted by Crippen LogP contribution is -2.49. The average Bonchev–Trinajstić information content (AvgIpc) is 3.25. The van der Waals surface area contributed by atoms with Crippen LogP contribution in [-0.4, -0.2) is 52.2 Å². The lowest BCUT2D eigenvalue weighted by molar-refractivity contribution is 0.143. The number of urea groups is 1. The topological polar surface area (TPSA) is 61.4 Å². The summed E-state index contributed by atoms with van der Waals surface area (Å²) in [7, 11) is 0. The lowest BCUT2D eigenvalue weighted by Gasteiger charge is -2.34.